The van der Waals surface area contributed by atoms with Crippen LogP contribution in [0, 0.1) is 0 Å². The first-order chi connectivity index (χ1) is 3.50. The molecule has 0 unspecified atom stereocenters. The number of hydrogen-bond acceptors (Lipinski definition) is 1. The lowest BCUT2D eigenvalue weighted by molar-refractivity contribution is 0.881. The van der Waals surface area contributed by atoms with E-state index in [1.54, 1.807) is 0 Å². The second-order valence-electron chi connectivity index (χ2n) is 2.03. The van der Waals surface area contributed by atoms with E-state index in [0.717, 1.165) is 0 Å². The Hall–Kier alpha value is 0.480. The molecule has 0 atom stereocenters. The Morgan fingerprint density at radius 1 is 1.00 bits per heavy atom. The maximum atomic E-state index is 2.12. The molecule has 3 heteroatoms. The average Bonchev–Trinajstić information content (AvgIpc) is 1.90. The van der Waals surface area contributed by atoms with Crippen LogP contribution in [0.3, 0.4) is 0 Å². The summed E-state index contributed by atoms with van der Waals surface area (Å²) in [5.74, 6) is 0. The zero-order valence-corrected chi connectivity index (χ0v) is 5.47. The molecule has 0 aromatic rings. The summed E-state index contributed by atoms with van der Waals surface area (Å²) in [7, 11) is 0. The summed E-state index contributed by atoms with van der Waals surface area (Å²) < 4.78 is 0. The lowest BCUT2D eigenvalue weighted by atomic mass is 9.94. The second-order valence-corrected chi connectivity index (χ2v) is 3.25. The van der Waals surface area contributed by atoms with Crippen LogP contribution in [0.15, 0.2) is 0 Å². The summed E-state index contributed by atoms with van der Waals surface area (Å²) in [6.45, 7) is 2.83. The minimum Gasteiger partial charge on any atom is -0.262 e. The van der Waals surface area contributed by atoms with Gasteiger partial charge in [-0.2, -0.15) is 0 Å². The standard InChI is InChI=1S/C4H10B2S/c1-2-4-6-7-5-3-1/h5-6H,1-4H2. The molecule has 0 bridgehead atoms. The van der Waals surface area contributed by atoms with Crippen molar-refractivity contribution in [3.05, 3.63) is 0 Å². The highest BCUT2D eigenvalue weighted by Gasteiger charge is 1.99. The van der Waals surface area contributed by atoms with Gasteiger partial charge in [0, 0.05) is 0 Å². The van der Waals surface area contributed by atoms with Crippen molar-refractivity contribution in [2.75, 3.05) is 0 Å². The van der Waals surface area contributed by atoms with Crippen LogP contribution in [-0.4, -0.2) is 13.1 Å². The summed E-state index contributed by atoms with van der Waals surface area (Å²) in [5, 5.41) is 0. The monoisotopic (exact) mass is 112 g/mol. The van der Waals surface area contributed by atoms with Gasteiger partial charge in [-0.1, -0.05) is 25.5 Å². The molecule has 0 aromatic heterocycles. The minimum absolute atomic E-state index is 1.42. The van der Waals surface area contributed by atoms with Crippen molar-refractivity contribution in [1.82, 2.24) is 0 Å². The Kier molecular flexibility index (Phi) is 2.79. The van der Waals surface area contributed by atoms with Gasteiger partial charge in [0.25, 0.3) is 0 Å². The van der Waals surface area contributed by atoms with Crippen LogP contribution in [-0.2, 0) is 0 Å². The maximum absolute atomic E-state index is 2.12. The largest absolute Gasteiger partial charge is 0.262 e. The van der Waals surface area contributed by atoms with Crippen molar-refractivity contribution in [2.24, 2.45) is 0 Å². The predicted molar refractivity (Wildman–Crippen MR) is 40.7 cm³/mol. The van der Waals surface area contributed by atoms with E-state index in [-0.39, 0.29) is 0 Å². The molecule has 1 aliphatic rings. The summed E-state index contributed by atoms with van der Waals surface area (Å²) >= 11 is 2.12. The number of rotatable bonds is 0. The van der Waals surface area contributed by atoms with Gasteiger partial charge in [0.1, 0.15) is 0 Å². The van der Waals surface area contributed by atoms with Crippen molar-refractivity contribution in [3.8, 4) is 0 Å². The lowest BCUT2D eigenvalue weighted by Gasteiger charge is -1.84. The normalized spacial score (nSPS) is 21.7. The third kappa shape index (κ3) is 2.32. The molecule has 0 amide bonds. The lowest BCUT2D eigenvalue weighted by Crippen LogP contribution is -1.80. The fourth-order valence-corrected chi connectivity index (χ4v) is 1.88. The van der Waals surface area contributed by atoms with E-state index in [4.69, 9.17) is 0 Å². The fraction of sp³-hybridized carbons (Fsp3) is 1.00. The third-order valence-electron chi connectivity index (χ3n) is 1.33. The third-order valence-corrected chi connectivity index (χ3v) is 2.48. The maximum Gasteiger partial charge on any atom is 0.177 e. The number of hydrogen-bond donors (Lipinski definition) is 0. The molecule has 0 nitrogen and oxygen atoms in total. The topological polar surface area (TPSA) is 0 Å². The van der Waals surface area contributed by atoms with Crippen molar-refractivity contribution in [1.29, 1.82) is 0 Å². The highest BCUT2D eigenvalue weighted by Crippen LogP contribution is 2.12. The van der Waals surface area contributed by atoms with Gasteiger partial charge in [0.15, 0.2) is 13.1 Å². The highest BCUT2D eigenvalue weighted by atomic mass is 32.2. The first kappa shape index (κ1) is 5.61. The van der Waals surface area contributed by atoms with E-state index in [0.29, 0.717) is 0 Å². The molecule has 0 saturated carbocycles. The molecule has 0 aromatic carbocycles. The Bertz CT molecular complexity index is 29.3. The van der Waals surface area contributed by atoms with E-state index < -0.39 is 0 Å². The molecule has 1 rings (SSSR count). The van der Waals surface area contributed by atoms with Gasteiger partial charge in [0.2, 0.25) is 0 Å². The van der Waals surface area contributed by atoms with Crippen LogP contribution in [0.4, 0.5) is 0 Å². The predicted octanol–water partition coefficient (Wildman–Crippen LogP) is 1.05. The zero-order chi connectivity index (χ0) is 4.95. The SMILES string of the molecule is B1CCCCBS1. The molecule has 1 fully saturated rings. The Morgan fingerprint density at radius 2 is 1.57 bits per heavy atom. The molecule has 1 saturated heterocycles. The van der Waals surface area contributed by atoms with Crippen molar-refractivity contribution in [2.45, 2.75) is 25.5 Å². The Labute approximate surface area is 50.7 Å². The van der Waals surface area contributed by atoms with Crippen LogP contribution in [0.1, 0.15) is 12.8 Å². The van der Waals surface area contributed by atoms with Crippen LogP contribution in [0.25, 0.3) is 0 Å². The van der Waals surface area contributed by atoms with Crippen molar-refractivity contribution >= 4 is 24.6 Å². The molecule has 7 heavy (non-hydrogen) atoms. The second kappa shape index (κ2) is 3.48. The Balaban J connectivity index is 2.04. The highest BCUT2D eigenvalue weighted by molar-refractivity contribution is 8.40. The van der Waals surface area contributed by atoms with Gasteiger partial charge in [-0.05, 0) is 0 Å². The van der Waals surface area contributed by atoms with Gasteiger partial charge in [-0.15, -0.1) is 0 Å². The minimum atomic E-state index is 1.42. The first-order valence-electron chi connectivity index (χ1n) is 3.08. The van der Waals surface area contributed by atoms with Crippen LogP contribution < -0.4 is 0 Å². The molecule has 38 valence electrons. The fourth-order valence-electron chi connectivity index (χ4n) is 0.864. The smallest absolute Gasteiger partial charge is 0.177 e. The van der Waals surface area contributed by atoms with Gasteiger partial charge in [-0.3, -0.25) is 11.5 Å². The van der Waals surface area contributed by atoms with E-state index in [1.807, 2.05) is 0 Å². The van der Waals surface area contributed by atoms with Crippen molar-refractivity contribution in [3.63, 3.8) is 0 Å². The molecular formula is C4H10B2S. The first-order valence-corrected chi connectivity index (χ1v) is 4.23. The van der Waals surface area contributed by atoms with Crippen LogP contribution >= 0.6 is 11.5 Å². The van der Waals surface area contributed by atoms with E-state index in [9.17, 15) is 0 Å². The zero-order valence-electron chi connectivity index (χ0n) is 4.65. The summed E-state index contributed by atoms with van der Waals surface area (Å²) in [4.78, 5) is 0. The van der Waals surface area contributed by atoms with Gasteiger partial charge in [0.05, 0.1) is 0 Å². The molecule has 0 radical (unpaired) electrons. The van der Waals surface area contributed by atoms with Crippen LogP contribution in [0.2, 0.25) is 12.6 Å². The molecule has 0 aliphatic carbocycles. The van der Waals surface area contributed by atoms with E-state index >= 15 is 0 Å². The molecule has 1 heterocycles. The Morgan fingerprint density at radius 3 is 2.14 bits per heavy atom. The summed E-state index contributed by atoms with van der Waals surface area (Å²) in [5.41, 5.74) is 0. The molecule has 1 aliphatic heterocycles. The molecule has 0 spiro atoms. The van der Waals surface area contributed by atoms with Gasteiger partial charge >= 0.3 is 0 Å². The summed E-state index contributed by atoms with van der Waals surface area (Å²) in [6, 6.07) is 0. The molecule has 0 N–H and O–H groups in total. The van der Waals surface area contributed by atoms with Gasteiger partial charge in [-0.25, -0.2) is 0 Å². The van der Waals surface area contributed by atoms with Crippen LogP contribution in [0.5, 0.6) is 0 Å². The quantitative estimate of drug-likeness (QED) is 0.422. The molecular weight excluding hydrogens is 102 g/mol. The van der Waals surface area contributed by atoms with E-state index in [2.05, 4.69) is 11.5 Å². The van der Waals surface area contributed by atoms with Gasteiger partial charge < -0.3 is 0 Å². The van der Waals surface area contributed by atoms with Crippen molar-refractivity contribution < 1.29 is 0 Å². The van der Waals surface area contributed by atoms with E-state index in [1.165, 1.54) is 38.6 Å². The summed E-state index contributed by atoms with van der Waals surface area (Å²) in [6.07, 6.45) is 5.88. The average molecular weight is 112 g/mol.